The van der Waals surface area contributed by atoms with Crippen LogP contribution in [0.15, 0.2) is 60.7 Å². The lowest BCUT2D eigenvalue weighted by Gasteiger charge is -2.43. The zero-order valence-electron chi connectivity index (χ0n) is 40.0. The largest absolute Gasteiger partial charge is 0.490 e. The van der Waals surface area contributed by atoms with E-state index in [0.29, 0.717) is 13.0 Å². The van der Waals surface area contributed by atoms with Gasteiger partial charge in [0.25, 0.3) is 0 Å². The summed E-state index contributed by atoms with van der Waals surface area (Å²) in [4.78, 5) is 68.1. The second kappa shape index (κ2) is 28.2. The van der Waals surface area contributed by atoms with Gasteiger partial charge in [0.05, 0.1) is 42.7 Å². The van der Waals surface area contributed by atoms with Crippen LogP contribution in [0.4, 0.5) is 13.2 Å². The van der Waals surface area contributed by atoms with Crippen LogP contribution in [-0.2, 0) is 45.6 Å². The number of halogens is 3. The number of carboxylic acids is 1. The quantitative estimate of drug-likeness (QED) is 0.0898. The van der Waals surface area contributed by atoms with Crippen LogP contribution in [0.2, 0.25) is 0 Å². The number of ether oxygens (including phenoxy) is 2. The lowest BCUT2D eigenvalue weighted by atomic mass is 9.87. The number of likely N-dealkylation sites (tertiary alicyclic amines) is 1. The number of rotatable bonds is 24. The lowest BCUT2D eigenvalue weighted by molar-refractivity contribution is -0.192. The molecule has 0 unspecified atom stereocenters. The summed E-state index contributed by atoms with van der Waals surface area (Å²) in [6, 6.07) is 18.8. The van der Waals surface area contributed by atoms with E-state index in [0.717, 1.165) is 36.3 Å². The molecule has 3 rings (SSSR count). The lowest BCUT2D eigenvalue weighted by Crippen LogP contribution is -2.60. The van der Waals surface area contributed by atoms with Crippen molar-refractivity contribution in [3.05, 3.63) is 71.8 Å². The van der Waals surface area contributed by atoms with Crippen molar-refractivity contribution < 1.29 is 51.7 Å². The van der Waals surface area contributed by atoms with Crippen molar-refractivity contribution in [2.45, 2.75) is 135 Å². The number of aliphatic carboxylic acids is 1. The van der Waals surface area contributed by atoms with Crippen LogP contribution in [0.25, 0.3) is 0 Å². The Hall–Kier alpha value is -4.03. The minimum atomic E-state index is -5.08. The first-order valence-corrected chi connectivity index (χ1v) is 23.6. The van der Waals surface area contributed by atoms with Gasteiger partial charge in [0.1, 0.15) is 0 Å². The molecule has 1 saturated heterocycles. The van der Waals surface area contributed by atoms with Crippen LogP contribution in [-0.4, -0.2) is 134 Å². The molecule has 0 aromatic heterocycles. The first-order valence-electron chi connectivity index (χ1n) is 22.5. The SMILES string of the molecule is CC[C@H](C)[C@@H]([C@@H](CC(=O)N1CCC[C@H]1[C@H](OC)[C@@H](C)C(=O)N[C@H](CSCc1ccccc1)Cc1ccccc1)OC)N(C)[C@H](C(=O)NC(=O)[C@@H](NC)C(C)C)C(C)C.O=C(O)C(F)(F)F. The van der Waals surface area contributed by atoms with E-state index in [9.17, 15) is 32.3 Å². The number of imide groups is 1. The van der Waals surface area contributed by atoms with Crippen LogP contribution < -0.4 is 16.0 Å². The van der Waals surface area contributed by atoms with Gasteiger partial charge in [-0.15, -0.1) is 0 Å². The van der Waals surface area contributed by atoms with E-state index >= 15 is 0 Å². The third-order valence-electron chi connectivity index (χ3n) is 12.1. The number of nitrogens with one attached hydrogen (secondary N) is 3. The Kier molecular flexibility index (Phi) is 24.8. The maximum Gasteiger partial charge on any atom is 0.490 e. The summed E-state index contributed by atoms with van der Waals surface area (Å²) in [6.45, 7) is 14.5. The molecule has 1 heterocycles. The van der Waals surface area contributed by atoms with Gasteiger partial charge in [0, 0.05) is 44.4 Å². The highest BCUT2D eigenvalue weighted by Gasteiger charge is 2.44. The van der Waals surface area contributed by atoms with E-state index in [1.54, 1.807) is 33.0 Å². The molecule has 0 aliphatic carbocycles. The number of methoxy groups -OCH3 is 2. The number of hydrogen-bond acceptors (Lipinski definition) is 10. The molecule has 366 valence electrons. The normalized spacial score (nSPS) is 17.9. The summed E-state index contributed by atoms with van der Waals surface area (Å²) >= 11 is 1.80. The number of nitrogens with zero attached hydrogens (tertiary/aromatic N) is 2. The first-order chi connectivity index (χ1) is 30.6. The Morgan fingerprint density at radius 3 is 1.92 bits per heavy atom. The topological polar surface area (TPSA) is 167 Å². The highest BCUT2D eigenvalue weighted by atomic mass is 32.2. The van der Waals surface area contributed by atoms with Gasteiger partial charge in [0.15, 0.2) is 0 Å². The number of carboxylic acid groups (broad SMARTS) is 1. The molecule has 1 aliphatic rings. The monoisotopic (exact) mass is 938 g/mol. The van der Waals surface area contributed by atoms with Crippen LogP contribution in [0.5, 0.6) is 0 Å². The third kappa shape index (κ3) is 17.9. The fourth-order valence-corrected chi connectivity index (χ4v) is 9.68. The van der Waals surface area contributed by atoms with Gasteiger partial charge in [-0.2, -0.15) is 24.9 Å². The van der Waals surface area contributed by atoms with Crippen molar-refractivity contribution in [3.8, 4) is 0 Å². The molecule has 4 amide bonds. The maximum atomic E-state index is 14.4. The minimum Gasteiger partial charge on any atom is -0.475 e. The molecule has 13 nitrogen and oxygen atoms in total. The van der Waals surface area contributed by atoms with Gasteiger partial charge in [-0.3, -0.25) is 29.4 Å². The summed E-state index contributed by atoms with van der Waals surface area (Å²) in [5.74, 6) is -2.61. The van der Waals surface area contributed by atoms with Gasteiger partial charge in [-0.05, 0) is 62.2 Å². The minimum absolute atomic E-state index is 0.0000794. The van der Waals surface area contributed by atoms with Crippen LogP contribution in [0.3, 0.4) is 0 Å². The van der Waals surface area contributed by atoms with Crippen LogP contribution in [0.1, 0.15) is 85.3 Å². The van der Waals surface area contributed by atoms with Gasteiger partial charge >= 0.3 is 12.1 Å². The predicted octanol–water partition coefficient (Wildman–Crippen LogP) is 6.59. The van der Waals surface area contributed by atoms with Crippen molar-refractivity contribution in [3.63, 3.8) is 0 Å². The Balaban J connectivity index is 0.00000191. The number of hydrogen-bond donors (Lipinski definition) is 4. The van der Waals surface area contributed by atoms with Crippen LogP contribution >= 0.6 is 11.8 Å². The number of thioether (sulfide) groups is 1. The van der Waals surface area contributed by atoms with E-state index in [4.69, 9.17) is 19.4 Å². The Labute approximate surface area is 388 Å². The molecule has 17 heteroatoms. The molecular formula is C48H74F3N5O8S. The molecule has 2 aromatic rings. The molecule has 65 heavy (non-hydrogen) atoms. The number of carbonyl (C=O) groups is 5. The number of carbonyl (C=O) groups excluding carboxylic acids is 4. The van der Waals surface area contributed by atoms with Crippen LogP contribution in [0, 0.1) is 23.7 Å². The standard InChI is InChI=1S/C46H73N5O6S.C2HF3O2/c1-12-32(6)42(50(9)41(31(4)5)46(55)49-45(54)40(47-8)30(2)3)38(56-10)27-39(52)51-25-19-24-37(51)43(57-11)33(7)44(53)48-36(26-34-20-15-13-16-21-34)29-58-28-35-22-17-14-18-23-35;3-2(4,5)1(6)7/h13-18,20-23,30-33,36-38,40-43,47H,12,19,24-29H2,1-11H3,(H,48,53)(H,49,54,55);(H,6,7)/t32-,33+,36-,37-,38+,40-,41-,42-,43+;/m0./s1. The van der Waals surface area contributed by atoms with E-state index in [1.165, 1.54) is 5.56 Å². The highest BCUT2D eigenvalue weighted by molar-refractivity contribution is 7.98. The Bertz CT molecular complexity index is 1760. The molecule has 4 N–H and O–H groups in total. The van der Waals surface area contributed by atoms with Gasteiger partial charge in [-0.25, -0.2) is 4.79 Å². The first kappa shape index (κ1) is 57.1. The number of amides is 4. The van der Waals surface area contributed by atoms with Gasteiger partial charge in [0.2, 0.25) is 23.6 Å². The number of benzene rings is 2. The Morgan fingerprint density at radius 1 is 0.877 bits per heavy atom. The third-order valence-corrected chi connectivity index (χ3v) is 13.3. The van der Waals surface area contributed by atoms with Gasteiger partial charge in [-0.1, -0.05) is 116 Å². The molecular weight excluding hydrogens is 864 g/mol. The average Bonchev–Trinajstić information content (AvgIpc) is 3.74. The van der Waals surface area contributed by atoms with E-state index < -0.39 is 42.4 Å². The molecule has 2 aromatic carbocycles. The smallest absolute Gasteiger partial charge is 0.475 e. The van der Waals surface area contributed by atoms with E-state index in [-0.39, 0.29) is 65.9 Å². The Morgan fingerprint density at radius 2 is 1.45 bits per heavy atom. The van der Waals surface area contributed by atoms with Crippen molar-refractivity contribution in [2.24, 2.45) is 23.7 Å². The molecule has 0 spiro atoms. The number of likely N-dealkylation sites (N-methyl/N-ethyl adjacent to an activating group) is 2. The zero-order chi connectivity index (χ0) is 49.0. The van der Waals surface area contributed by atoms with Crippen molar-refractivity contribution >= 4 is 41.4 Å². The van der Waals surface area contributed by atoms with Crippen molar-refractivity contribution in [1.29, 1.82) is 0 Å². The van der Waals surface area contributed by atoms with Crippen molar-refractivity contribution in [1.82, 2.24) is 25.8 Å². The fourth-order valence-electron chi connectivity index (χ4n) is 8.65. The summed E-state index contributed by atoms with van der Waals surface area (Å²) in [7, 11) is 6.85. The average molecular weight is 938 g/mol. The molecule has 0 radical (unpaired) electrons. The maximum absolute atomic E-state index is 14.4. The second-order valence-electron chi connectivity index (χ2n) is 17.6. The zero-order valence-corrected chi connectivity index (χ0v) is 40.8. The highest BCUT2D eigenvalue weighted by Crippen LogP contribution is 2.31. The summed E-state index contributed by atoms with van der Waals surface area (Å²) in [5, 5.41) is 16.2. The fraction of sp³-hybridized carbons (Fsp3) is 0.646. The molecule has 9 atom stereocenters. The predicted molar refractivity (Wildman–Crippen MR) is 249 cm³/mol. The van der Waals surface area contributed by atoms with E-state index in [2.05, 4.69) is 54.1 Å². The summed E-state index contributed by atoms with van der Waals surface area (Å²) in [5.41, 5.74) is 2.41. The second-order valence-corrected chi connectivity index (χ2v) is 18.6. The van der Waals surface area contributed by atoms with Crippen molar-refractivity contribution in [2.75, 3.05) is 40.6 Å². The molecule has 0 bridgehead atoms. The van der Waals surface area contributed by atoms with Gasteiger partial charge < -0.3 is 30.1 Å². The summed E-state index contributed by atoms with van der Waals surface area (Å²) < 4.78 is 44.0. The molecule has 1 fully saturated rings. The molecule has 1 aliphatic heterocycles. The number of alkyl halides is 3. The summed E-state index contributed by atoms with van der Waals surface area (Å²) in [6.07, 6.45) is -2.99. The molecule has 0 saturated carbocycles. The van der Waals surface area contributed by atoms with E-state index in [1.807, 2.05) is 87.9 Å².